The summed E-state index contributed by atoms with van der Waals surface area (Å²) < 4.78 is 36.1. The van der Waals surface area contributed by atoms with E-state index in [0.717, 1.165) is 19.3 Å². The third-order valence-electron chi connectivity index (χ3n) is 3.07. The zero-order valence-electron chi connectivity index (χ0n) is 9.80. The van der Waals surface area contributed by atoms with Crippen molar-refractivity contribution in [2.75, 3.05) is 13.1 Å². The van der Waals surface area contributed by atoms with E-state index in [4.69, 9.17) is 5.73 Å². The molecule has 0 radical (unpaired) electrons. The first-order valence-electron chi connectivity index (χ1n) is 6.00. The molecule has 1 unspecified atom stereocenters. The van der Waals surface area contributed by atoms with Crippen LogP contribution in [0, 0.1) is 0 Å². The Bertz CT molecular complexity index is 254. The van der Waals surface area contributed by atoms with E-state index >= 15 is 0 Å². The molecule has 0 bridgehead atoms. The van der Waals surface area contributed by atoms with Gasteiger partial charge in [0, 0.05) is 19.0 Å². The Kier molecular flexibility index (Phi) is 5.24. The number of carbonyl (C=O) groups excluding carboxylic acids is 1. The van der Waals surface area contributed by atoms with Gasteiger partial charge < -0.3 is 10.6 Å². The molecular formula is C11H19F3N2O. The molecule has 0 aromatic carbocycles. The SMILES string of the molecule is NCCC1CCCCN1C(=O)CCC(F)(F)F. The van der Waals surface area contributed by atoms with Gasteiger partial charge in [0.2, 0.25) is 5.91 Å². The predicted molar refractivity (Wildman–Crippen MR) is 58.3 cm³/mol. The summed E-state index contributed by atoms with van der Waals surface area (Å²) in [4.78, 5) is 13.3. The van der Waals surface area contributed by atoms with Gasteiger partial charge in [-0.25, -0.2) is 0 Å². The molecule has 1 heterocycles. The summed E-state index contributed by atoms with van der Waals surface area (Å²) in [5, 5.41) is 0. The quantitative estimate of drug-likeness (QED) is 0.832. The number of hydrogen-bond acceptors (Lipinski definition) is 2. The Morgan fingerprint density at radius 1 is 1.35 bits per heavy atom. The maximum Gasteiger partial charge on any atom is 0.389 e. The molecule has 0 aromatic heterocycles. The number of alkyl halides is 3. The molecule has 0 saturated carbocycles. The highest BCUT2D eigenvalue weighted by Gasteiger charge is 2.31. The van der Waals surface area contributed by atoms with Crippen molar-refractivity contribution in [2.45, 2.75) is 50.7 Å². The van der Waals surface area contributed by atoms with Crippen LogP contribution >= 0.6 is 0 Å². The van der Waals surface area contributed by atoms with Gasteiger partial charge >= 0.3 is 6.18 Å². The van der Waals surface area contributed by atoms with Crippen molar-refractivity contribution in [3.63, 3.8) is 0 Å². The summed E-state index contributed by atoms with van der Waals surface area (Å²) in [6.45, 7) is 1.04. The Labute approximate surface area is 99.1 Å². The van der Waals surface area contributed by atoms with Crippen molar-refractivity contribution in [1.82, 2.24) is 4.90 Å². The lowest BCUT2D eigenvalue weighted by Gasteiger charge is -2.36. The number of amides is 1. The molecule has 100 valence electrons. The minimum atomic E-state index is -4.26. The molecule has 1 amide bonds. The fraction of sp³-hybridized carbons (Fsp3) is 0.909. The van der Waals surface area contributed by atoms with Crippen molar-refractivity contribution < 1.29 is 18.0 Å². The van der Waals surface area contributed by atoms with Crippen LogP contribution < -0.4 is 5.73 Å². The van der Waals surface area contributed by atoms with Crippen LogP contribution in [-0.4, -0.2) is 36.1 Å². The third kappa shape index (κ3) is 4.93. The molecule has 0 aliphatic carbocycles. The molecule has 1 saturated heterocycles. The van der Waals surface area contributed by atoms with E-state index in [0.29, 0.717) is 19.5 Å². The largest absolute Gasteiger partial charge is 0.389 e. The van der Waals surface area contributed by atoms with Crippen LogP contribution in [0.25, 0.3) is 0 Å². The fourth-order valence-corrected chi connectivity index (χ4v) is 2.21. The Balaban J connectivity index is 2.47. The van der Waals surface area contributed by atoms with Gasteiger partial charge in [0.15, 0.2) is 0 Å². The summed E-state index contributed by atoms with van der Waals surface area (Å²) in [7, 11) is 0. The van der Waals surface area contributed by atoms with E-state index in [1.165, 1.54) is 0 Å². The van der Waals surface area contributed by atoms with Gasteiger partial charge in [-0.3, -0.25) is 4.79 Å². The van der Waals surface area contributed by atoms with Crippen LogP contribution in [0.2, 0.25) is 0 Å². The van der Waals surface area contributed by atoms with Crippen molar-refractivity contribution in [2.24, 2.45) is 5.73 Å². The normalized spacial score (nSPS) is 21.6. The van der Waals surface area contributed by atoms with Crippen molar-refractivity contribution in [3.8, 4) is 0 Å². The van der Waals surface area contributed by atoms with Gasteiger partial charge in [0.25, 0.3) is 0 Å². The monoisotopic (exact) mass is 252 g/mol. The summed E-state index contributed by atoms with van der Waals surface area (Å²) in [6.07, 6.45) is -2.30. The molecule has 0 aromatic rings. The maximum absolute atomic E-state index is 12.0. The lowest BCUT2D eigenvalue weighted by molar-refractivity contribution is -0.151. The highest BCUT2D eigenvalue weighted by molar-refractivity contribution is 5.76. The molecule has 0 spiro atoms. The fourth-order valence-electron chi connectivity index (χ4n) is 2.21. The number of halogens is 3. The van der Waals surface area contributed by atoms with Crippen molar-refractivity contribution in [1.29, 1.82) is 0 Å². The Hall–Kier alpha value is -0.780. The topological polar surface area (TPSA) is 46.3 Å². The Morgan fingerprint density at radius 2 is 2.06 bits per heavy atom. The second kappa shape index (κ2) is 6.23. The van der Waals surface area contributed by atoms with Gasteiger partial charge in [-0.2, -0.15) is 13.2 Å². The second-order valence-electron chi connectivity index (χ2n) is 4.43. The van der Waals surface area contributed by atoms with Crippen LogP contribution in [-0.2, 0) is 4.79 Å². The van der Waals surface area contributed by atoms with E-state index in [-0.39, 0.29) is 11.9 Å². The van der Waals surface area contributed by atoms with E-state index in [2.05, 4.69) is 0 Å². The molecule has 1 rings (SSSR count). The zero-order valence-corrected chi connectivity index (χ0v) is 9.80. The summed E-state index contributed by atoms with van der Waals surface area (Å²) in [6, 6.07) is 0.0366. The highest BCUT2D eigenvalue weighted by atomic mass is 19.4. The van der Waals surface area contributed by atoms with Gasteiger partial charge in [-0.15, -0.1) is 0 Å². The predicted octanol–water partition coefficient (Wildman–Crippen LogP) is 2.06. The van der Waals surface area contributed by atoms with Gasteiger partial charge in [0.05, 0.1) is 6.42 Å². The van der Waals surface area contributed by atoms with E-state index < -0.39 is 19.0 Å². The molecule has 1 aliphatic rings. The zero-order chi connectivity index (χ0) is 12.9. The molecule has 6 heteroatoms. The summed E-state index contributed by atoms with van der Waals surface area (Å²) in [5.41, 5.74) is 5.45. The number of nitrogens with zero attached hydrogens (tertiary/aromatic N) is 1. The average molecular weight is 252 g/mol. The first-order valence-corrected chi connectivity index (χ1v) is 6.00. The maximum atomic E-state index is 12.0. The number of piperidine rings is 1. The summed E-state index contributed by atoms with van der Waals surface area (Å²) in [5.74, 6) is -0.388. The average Bonchev–Trinajstić information content (AvgIpc) is 2.26. The Morgan fingerprint density at radius 3 is 2.65 bits per heavy atom. The van der Waals surface area contributed by atoms with Gasteiger partial charge in [0.1, 0.15) is 0 Å². The number of hydrogen-bond donors (Lipinski definition) is 1. The molecule has 1 atom stereocenters. The van der Waals surface area contributed by atoms with E-state index in [1.807, 2.05) is 0 Å². The van der Waals surface area contributed by atoms with Gasteiger partial charge in [-0.1, -0.05) is 0 Å². The molecule has 2 N–H and O–H groups in total. The van der Waals surface area contributed by atoms with Crippen LogP contribution in [0.3, 0.4) is 0 Å². The lowest BCUT2D eigenvalue weighted by Crippen LogP contribution is -2.44. The lowest BCUT2D eigenvalue weighted by atomic mass is 9.98. The minimum absolute atomic E-state index is 0.0366. The van der Waals surface area contributed by atoms with Crippen LogP contribution in [0.5, 0.6) is 0 Å². The minimum Gasteiger partial charge on any atom is -0.340 e. The number of carbonyl (C=O) groups is 1. The smallest absolute Gasteiger partial charge is 0.340 e. The molecule has 17 heavy (non-hydrogen) atoms. The van der Waals surface area contributed by atoms with Crippen molar-refractivity contribution in [3.05, 3.63) is 0 Å². The highest BCUT2D eigenvalue weighted by Crippen LogP contribution is 2.25. The van der Waals surface area contributed by atoms with Crippen LogP contribution in [0.15, 0.2) is 0 Å². The molecular weight excluding hydrogens is 233 g/mol. The molecule has 3 nitrogen and oxygen atoms in total. The number of nitrogens with two attached hydrogens (primary N) is 1. The van der Waals surface area contributed by atoms with Gasteiger partial charge in [-0.05, 0) is 32.2 Å². The second-order valence-corrected chi connectivity index (χ2v) is 4.43. The van der Waals surface area contributed by atoms with Crippen LogP contribution in [0.4, 0.5) is 13.2 Å². The molecule has 1 aliphatic heterocycles. The first kappa shape index (κ1) is 14.3. The van der Waals surface area contributed by atoms with Crippen molar-refractivity contribution >= 4 is 5.91 Å². The molecule has 1 fully saturated rings. The third-order valence-corrected chi connectivity index (χ3v) is 3.07. The number of rotatable bonds is 4. The number of likely N-dealkylation sites (tertiary alicyclic amines) is 1. The summed E-state index contributed by atoms with van der Waals surface area (Å²) >= 11 is 0. The van der Waals surface area contributed by atoms with E-state index in [1.54, 1.807) is 4.90 Å². The van der Waals surface area contributed by atoms with Crippen LogP contribution in [0.1, 0.15) is 38.5 Å². The first-order chi connectivity index (χ1) is 7.94. The van der Waals surface area contributed by atoms with E-state index in [9.17, 15) is 18.0 Å². The standard InChI is InChI=1S/C11H19F3N2O/c12-11(13,14)6-4-10(17)16-8-2-1-3-9(16)5-7-15/h9H,1-8,15H2.